The molecule has 0 spiro atoms. The third kappa shape index (κ3) is 4.18. The molecule has 0 aromatic heterocycles. The summed E-state index contributed by atoms with van der Waals surface area (Å²) in [5.41, 5.74) is 0.480. The van der Waals surface area contributed by atoms with Crippen molar-refractivity contribution in [1.82, 2.24) is 4.90 Å². The van der Waals surface area contributed by atoms with Crippen LogP contribution >= 0.6 is 23.2 Å². The van der Waals surface area contributed by atoms with Crippen molar-refractivity contribution in [2.75, 3.05) is 26.7 Å². The standard InChI is InChI=1S/C14H17Cl2NO2/c1-17(8-11-3-2-6-19-11)9-14(18)12-7-10(15)4-5-13(12)16/h4-5,7,11H,2-3,6,8-9H2,1H3. The molecule has 5 heteroatoms. The first-order valence-electron chi connectivity index (χ1n) is 6.34. The van der Waals surface area contributed by atoms with Crippen LogP contribution in [0.25, 0.3) is 0 Å². The third-order valence-electron chi connectivity index (χ3n) is 3.18. The first-order chi connectivity index (χ1) is 9.06. The van der Waals surface area contributed by atoms with Crippen LogP contribution in [-0.4, -0.2) is 43.5 Å². The first kappa shape index (κ1) is 14.8. The number of benzene rings is 1. The van der Waals surface area contributed by atoms with Gasteiger partial charge in [-0.2, -0.15) is 0 Å². The van der Waals surface area contributed by atoms with Crippen molar-refractivity contribution in [3.05, 3.63) is 33.8 Å². The van der Waals surface area contributed by atoms with Crippen LogP contribution in [0.4, 0.5) is 0 Å². The first-order valence-corrected chi connectivity index (χ1v) is 7.10. The number of likely N-dealkylation sites (N-methyl/N-ethyl adjacent to an activating group) is 1. The van der Waals surface area contributed by atoms with E-state index in [1.54, 1.807) is 18.2 Å². The lowest BCUT2D eigenvalue weighted by atomic mass is 10.1. The van der Waals surface area contributed by atoms with Crippen LogP contribution < -0.4 is 0 Å². The summed E-state index contributed by atoms with van der Waals surface area (Å²) in [6.07, 6.45) is 2.41. The summed E-state index contributed by atoms with van der Waals surface area (Å²) in [5.74, 6) is -0.0204. The lowest BCUT2D eigenvalue weighted by Crippen LogP contribution is -2.33. The monoisotopic (exact) mass is 301 g/mol. The molecule has 1 aromatic carbocycles. The average molecular weight is 302 g/mol. The maximum absolute atomic E-state index is 12.2. The summed E-state index contributed by atoms with van der Waals surface area (Å²) in [6.45, 7) is 1.91. The van der Waals surface area contributed by atoms with E-state index in [-0.39, 0.29) is 11.9 Å². The fraction of sp³-hybridized carbons (Fsp3) is 0.500. The minimum absolute atomic E-state index is 0.0204. The minimum Gasteiger partial charge on any atom is -0.377 e. The lowest BCUT2D eigenvalue weighted by molar-refractivity contribution is 0.0740. The Bertz CT molecular complexity index is 459. The maximum atomic E-state index is 12.2. The molecule has 1 aromatic rings. The Balaban J connectivity index is 1.94. The van der Waals surface area contributed by atoms with Crippen molar-refractivity contribution < 1.29 is 9.53 Å². The summed E-state index contributed by atoms with van der Waals surface area (Å²) in [7, 11) is 1.91. The van der Waals surface area contributed by atoms with E-state index in [1.165, 1.54) is 0 Å². The zero-order chi connectivity index (χ0) is 13.8. The molecule has 2 rings (SSSR count). The van der Waals surface area contributed by atoms with Gasteiger partial charge in [-0.3, -0.25) is 9.69 Å². The normalized spacial score (nSPS) is 19.1. The van der Waals surface area contributed by atoms with E-state index in [0.29, 0.717) is 22.2 Å². The van der Waals surface area contributed by atoms with Gasteiger partial charge in [0, 0.05) is 23.7 Å². The molecule has 1 saturated heterocycles. The predicted molar refractivity (Wildman–Crippen MR) is 77.3 cm³/mol. The number of ether oxygens (including phenoxy) is 1. The summed E-state index contributed by atoms with van der Waals surface area (Å²) < 4.78 is 5.55. The SMILES string of the molecule is CN(CC(=O)c1cc(Cl)ccc1Cl)CC1CCCO1. The van der Waals surface area contributed by atoms with Gasteiger partial charge in [-0.15, -0.1) is 0 Å². The van der Waals surface area contributed by atoms with Gasteiger partial charge in [0.1, 0.15) is 0 Å². The van der Waals surface area contributed by atoms with Gasteiger partial charge in [-0.25, -0.2) is 0 Å². The highest BCUT2D eigenvalue weighted by Crippen LogP contribution is 2.21. The molecule has 1 heterocycles. The number of hydrogen-bond acceptors (Lipinski definition) is 3. The minimum atomic E-state index is -0.0204. The largest absolute Gasteiger partial charge is 0.377 e. The Labute approximate surface area is 123 Å². The number of ketones is 1. The Morgan fingerprint density at radius 1 is 1.47 bits per heavy atom. The number of Topliss-reactive ketones (excluding diaryl/α,β-unsaturated/α-hetero) is 1. The van der Waals surface area contributed by atoms with Crippen molar-refractivity contribution in [3.8, 4) is 0 Å². The van der Waals surface area contributed by atoms with Crippen molar-refractivity contribution >= 4 is 29.0 Å². The molecule has 19 heavy (non-hydrogen) atoms. The lowest BCUT2D eigenvalue weighted by Gasteiger charge is -2.19. The van der Waals surface area contributed by atoms with Gasteiger partial charge in [-0.05, 0) is 38.1 Å². The molecule has 1 unspecified atom stereocenters. The highest BCUT2D eigenvalue weighted by molar-refractivity contribution is 6.36. The van der Waals surface area contributed by atoms with Gasteiger partial charge in [0.2, 0.25) is 0 Å². The van der Waals surface area contributed by atoms with Crippen LogP contribution in [0.3, 0.4) is 0 Å². The smallest absolute Gasteiger partial charge is 0.178 e. The topological polar surface area (TPSA) is 29.5 Å². The highest BCUT2D eigenvalue weighted by Gasteiger charge is 2.19. The van der Waals surface area contributed by atoms with Gasteiger partial charge in [-0.1, -0.05) is 23.2 Å². The fourth-order valence-electron chi connectivity index (χ4n) is 2.24. The van der Waals surface area contributed by atoms with E-state index in [4.69, 9.17) is 27.9 Å². The molecule has 0 saturated carbocycles. The van der Waals surface area contributed by atoms with E-state index in [9.17, 15) is 4.79 Å². The second-order valence-corrected chi connectivity index (χ2v) is 5.72. The zero-order valence-electron chi connectivity index (χ0n) is 10.9. The maximum Gasteiger partial charge on any atom is 0.178 e. The number of carbonyl (C=O) groups excluding carboxylic acids is 1. The molecule has 0 amide bonds. The second-order valence-electron chi connectivity index (χ2n) is 4.88. The van der Waals surface area contributed by atoms with Gasteiger partial charge in [0.25, 0.3) is 0 Å². The van der Waals surface area contributed by atoms with E-state index in [2.05, 4.69) is 0 Å². The Hall–Kier alpha value is -0.610. The predicted octanol–water partition coefficient (Wildman–Crippen LogP) is 3.29. The van der Waals surface area contributed by atoms with Gasteiger partial charge in [0.05, 0.1) is 17.7 Å². The Kier molecular flexibility index (Phi) is 5.22. The van der Waals surface area contributed by atoms with Crippen molar-refractivity contribution in [3.63, 3.8) is 0 Å². The van der Waals surface area contributed by atoms with Crippen LogP contribution in [0, 0.1) is 0 Å². The van der Waals surface area contributed by atoms with Crippen LogP contribution in [0.15, 0.2) is 18.2 Å². The van der Waals surface area contributed by atoms with Crippen molar-refractivity contribution in [2.45, 2.75) is 18.9 Å². The molecule has 1 aliphatic heterocycles. The van der Waals surface area contributed by atoms with Gasteiger partial charge >= 0.3 is 0 Å². The summed E-state index contributed by atoms with van der Waals surface area (Å²) in [6, 6.07) is 4.94. The Morgan fingerprint density at radius 3 is 2.95 bits per heavy atom. The van der Waals surface area contributed by atoms with Gasteiger partial charge in [0.15, 0.2) is 5.78 Å². The second kappa shape index (κ2) is 6.71. The fourth-order valence-corrected chi connectivity index (χ4v) is 2.64. The summed E-state index contributed by atoms with van der Waals surface area (Å²) in [4.78, 5) is 14.1. The van der Waals surface area contributed by atoms with E-state index in [1.807, 2.05) is 11.9 Å². The molecule has 1 aliphatic rings. The molecule has 1 fully saturated rings. The third-order valence-corrected chi connectivity index (χ3v) is 3.75. The molecular formula is C14H17Cl2NO2. The van der Waals surface area contributed by atoms with E-state index < -0.39 is 0 Å². The molecule has 0 N–H and O–H groups in total. The van der Waals surface area contributed by atoms with Crippen LogP contribution in [0.5, 0.6) is 0 Å². The number of hydrogen-bond donors (Lipinski definition) is 0. The summed E-state index contributed by atoms with van der Waals surface area (Å²) >= 11 is 11.9. The average Bonchev–Trinajstić information content (AvgIpc) is 2.84. The number of nitrogens with zero attached hydrogens (tertiary/aromatic N) is 1. The van der Waals surface area contributed by atoms with Gasteiger partial charge < -0.3 is 4.74 Å². The molecule has 1 atom stereocenters. The summed E-state index contributed by atoms with van der Waals surface area (Å²) in [5, 5.41) is 0.967. The molecule has 0 aliphatic carbocycles. The Morgan fingerprint density at radius 2 is 2.26 bits per heavy atom. The number of halogens is 2. The number of rotatable bonds is 5. The molecule has 3 nitrogen and oxygen atoms in total. The van der Waals surface area contributed by atoms with Crippen LogP contribution in [0.1, 0.15) is 23.2 Å². The molecule has 104 valence electrons. The van der Waals surface area contributed by atoms with E-state index in [0.717, 1.165) is 26.0 Å². The van der Waals surface area contributed by atoms with E-state index >= 15 is 0 Å². The van der Waals surface area contributed by atoms with Crippen molar-refractivity contribution in [2.24, 2.45) is 0 Å². The quantitative estimate of drug-likeness (QED) is 0.782. The van der Waals surface area contributed by atoms with Crippen molar-refractivity contribution in [1.29, 1.82) is 0 Å². The van der Waals surface area contributed by atoms with Crippen LogP contribution in [0.2, 0.25) is 10.0 Å². The number of carbonyl (C=O) groups is 1. The molecule has 0 bridgehead atoms. The van der Waals surface area contributed by atoms with Crippen LogP contribution in [-0.2, 0) is 4.74 Å². The molecule has 0 radical (unpaired) electrons. The molecular weight excluding hydrogens is 285 g/mol. The highest BCUT2D eigenvalue weighted by atomic mass is 35.5. The zero-order valence-corrected chi connectivity index (χ0v) is 12.4.